The molecular weight excluding hydrogens is 282 g/mol. The van der Waals surface area contributed by atoms with E-state index in [0.717, 1.165) is 24.3 Å². The van der Waals surface area contributed by atoms with Crippen molar-refractivity contribution in [3.8, 4) is 0 Å². The standard InChI is InChI=1S/C16H23N3OS/c1-18-8-2-4-12(18)13-5-3-9-19(13)16(20)14-10-17-15(21-14)11-6-7-11/h10-13H,2-9H2,1H3/t12-,13+/m0/s1. The van der Waals surface area contributed by atoms with Crippen LogP contribution in [0.3, 0.4) is 0 Å². The van der Waals surface area contributed by atoms with Gasteiger partial charge in [-0.2, -0.15) is 0 Å². The van der Waals surface area contributed by atoms with Crippen LogP contribution in [0.25, 0.3) is 0 Å². The molecule has 4 nitrogen and oxygen atoms in total. The van der Waals surface area contributed by atoms with Gasteiger partial charge in [-0.05, 0) is 52.1 Å². The quantitative estimate of drug-likeness (QED) is 0.861. The van der Waals surface area contributed by atoms with Gasteiger partial charge in [-0.25, -0.2) is 4.98 Å². The molecule has 2 atom stereocenters. The molecule has 2 saturated heterocycles. The summed E-state index contributed by atoms with van der Waals surface area (Å²) < 4.78 is 0. The Bertz CT molecular complexity index is 539. The van der Waals surface area contributed by atoms with E-state index in [1.54, 1.807) is 11.3 Å². The summed E-state index contributed by atoms with van der Waals surface area (Å²) in [6.45, 7) is 2.10. The molecule has 1 aliphatic carbocycles. The molecular formula is C16H23N3OS. The lowest BCUT2D eigenvalue weighted by molar-refractivity contribution is 0.0669. The van der Waals surface area contributed by atoms with Crippen molar-refractivity contribution in [2.75, 3.05) is 20.1 Å². The molecule has 0 N–H and O–H groups in total. The van der Waals surface area contributed by atoms with Crippen LogP contribution >= 0.6 is 11.3 Å². The summed E-state index contributed by atoms with van der Waals surface area (Å²) in [6.07, 6.45) is 9.13. The summed E-state index contributed by atoms with van der Waals surface area (Å²) in [5.41, 5.74) is 0. The van der Waals surface area contributed by atoms with Crippen LogP contribution in [0.2, 0.25) is 0 Å². The van der Waals surface area contributed by atoms with Crippen LogP contribution in [-0.4, -0.2) is 52.9 Å². The van der Waals surface area contributed by atoms with Crippen LogP contribution in [0, 0.1) is 0 Å². The highest BCUT2D eigenvalue weighted by Crippen LogP contribution is 2.42. The molecule has 1 aromatic rings. The van der Waals surface area contributed by atoms with Gasteiger partial charge >= 0.3 is 0 Å². The molecule has 1 amide bonds. The van der Waals surface area contributed by atoms with Gasteiger partial charge in [0.2, 0.25) is 0 Å². The van der Waals surface area contributed by atoms with Crippen molar-refractivity contribution in [2.24, 2.45) is 0 Å². The first kappa shape index (κ1) is 13.7. The van der Waals surface area contributed by atoms with E-state index in [0.29, 0.717) is 18.0 Å². The van der Waals surface area contributed by atoms with E-state index in [2.05, 4.69) is 21.8 Å². The minimum atomic E-state index is 0.224. The summed E-state index contributed by atoms with van der Waals surface area (Å²) >= 11 is 1.63. The number of carbonyl (C=O) groups excluding carboxylic acids is 1. The smallest absolute Gasteiger partial charge is 0.265 e. The number of amides is 1. The first-order valence-corrected chi connectivity index (χ1v) is 9.02. The predicted molar refractivity (Wildman–Crippen MR) is 83.8 cm³/mol. The van der Waals surface area contributed by atoms with Crippen LogP contribution in [0.15, 0.2) is 6.20 Å². The fourth-order valence-corrected chi connectivity index (χ4v) is 4.96. The second kappa shape index (κ2) is 5.36. The van der Waals surface area contributed by atoms with E-state index in [1.165, 1.54) is 37.2 Å². The Morgan fingerprint density at radius 2 is 1.95 bits per heavy atom. The van der Waals surface area contributed by atoms with Crippen LogP contribution in [0.1, 0.15) is 59.1 Å². The van der Waals surface area contributed by atoms with Gasteiger partial charge in [0.15, 0.2) is 0 Å². The third kappa shape index (κ3) is 2.50. The number of hydrogen-bond donors (Lipinski definition) is 0. The number of likely N-dealkylation sites (tertiary alicyclic amines) is 2. The average Bonchev–Trinajstić information content (AvgIpc) is 2.93. The van der Waals surface area contributed by atoms with E-state index in [-0.39, 0.29) is 5.91 Å². The summed E-state index contributed by atoms with van der Waals surface area (Å²) in [6, 6.07) is 0.976. The van der Waals surface area contributed by atoms with Gasteiger partial charge in [0.05, 0.1) is 11.2 Å². The highest BCUT2D eigenvalue weighted by Gasteiger charge is 2.39. The summed E-state index contributed by atoms with van der Waals surface area (Å²) in [5.74, 6) is 0.870. The van der Waals surface area contributed by atoms with Gasteiger partial charge in [-0.1, -0.05) is 0 Å². The minimum Gasteiger partial charge on any atom is -0.333 e. The maximum absolute atomic E-state index is 12.9. The molecule has 3 fully saturated rings. The van der Waals surface area contributed by atoms with Crippen molar-refractivity contribution in [2.45, 2.75) is 56.5 Å². The lowest BCUT2D eigenvalue weighted by Crippen LogP contribution is -2.46. The Morgan fingerprint density at radius 3 is 2.67 bits per heavy atom. The maximum atomic E-state index is 12.9. The largest absolute Gasteiger partial charge is 0.333 e. The number of likely N-dealkylation sites (N-methyl/N-ethyl adjacent to an activating group) is 1. The molecule has 5 heteroatoms. The molecule has 3 heterocycles. The van der Waals surface area contributed by atoms with Gasteiger partial charge in [-0.15, -0.1) is 11.3 Å². The van der Waals surface area contributed by atoms with Crippen molar-refractivity contribution < 1.29 is 4.79 Å². The minimum absolute atomic E-state index is 0.224. The SMILES string of the molecule is CN1CCC[C@H]1[C@H]1CCCN1C(=O)c1cnc(C2CC2)s1. The molecule has 21 heavy (non-hydrogen) atoms. The highest BCUT2D eigenvalue weighted by molar-refractivity contribution is 7.13. The number of rotatable bonds is 3. The van der Waals surface area contributed by atoms with Gasteiger partial charge in [0.1, 0.15) is 4.88 Å². The molecule has 0 unspecified atom stereocenters. The number of aromatic nitrogens is 1. The fraction of sp³-hybridized carbons (Fsp3) is 0.750. The second-order valence-corrected chi connectivity index (χ2v) is 7.80. The molecule has 4 rings (SSSR count). The Morgan fingerprint density at radius 1 is 1.19 bits per heavy atom. The van der Waals surface area contributed by atoms with E-state index in [4.69, 9.17) is 0 Å². The second-order valence-electron chi connectivity index (χ2n) is 6.74. The van der Waals surface area contributed by atoms with Crippen molar-refractivity contribution >= 4 is 17.2 Å². The number of carbonyl (C=O) groups is 1. The molecule has 2 aliphatic heterocycles. The molecule has 0 radical (unpaired) electrons. The van der Waals surface area contributed by atoms with Gasteiger partial charge in [-0.3, -0.25) is 4.79 Å². The van der Waals surface area contributed by atoms with Gasteiger partial charge in [0, 0.05) is 24.5 Å². The molecule has 0 bridgehead atoms. The maximum Gasteiger partial charge on any atom is 0.265 e. The average molecular weight is 305 g/mol. The molecule has 1 saturated carbocycles. The van der Waals surface area contributed by atoms with Crippen LogP contribution < -0.4 is 0 Å². The van der Waals surface area contributed by atoms with Crippen molar-refractivity contribution in [1.82, 2.24) is 14.8 Å². The van der Waals surface area contributed by atoms with E-state index in [9.17, 15) is 4.79 Å². The zero-order chi connectivity index (χ0) is 14.4. The monoisotopic (exact) mass is 305 g/mol. The number of thiazole rings is 1. The van der Waals surface area contributed by atoms with Gasteiger partial charge in [0.25, 0.3) is 5.91 Å². The Labute approximate surface area is 130 Å². The molecule has 1 aromatic heterocycles. The third-order valence-electron chi connectivity index (χ3n) is 5.24. The summed E-state index contributed by atoms with van der Waals surface area (Å²) in [4.78, 5) is 22.8. The predicted octanol–water partition coefficient (Wildman–Crippen LogP) is 2.72. The normalized spacial score (nSPS) is 30.2. The Balaban J connectivity index is 1.51. The van der Waals surface area contributed by atoms with E-state index < -0.39 is 0 Å². The summed E-state index contributed by atoms with van der Waals surface area (Å²) in [5, 5.41) is 1.17. The molecule has 0 spiro atoms. The van der Waals surface area contributed by atoms with Crippen molar-refractivity contribution in [3.05, 3.63) is 16.1 Å². The van der Waals surface area contributed by atoms with Crippen LogP contribution in [0.4, 0.5) is 0 Å². The summed E-state index contributed by atoms with van der Waals surface area (Å²) in [7, 11) is 2.20. The zero-order valence-electron chi connectivity index (χ0n) is 12.6. The van der Waals surface area contributed by atoms with Crippen LogP contribution in [0.5, 0.6) is 0 Å². The number of hydrogen-bond acceptors (Lipinski definition) is 4. The lowest BCUT2D eigenvalue weighted by atomic mass is 10.0. The van der Waals surface area contributed by atoms with Crippen molar-refractivity contribution in [1.29, 1.82) is 0 Å². The van der Waals surface area contributed by atoms with Gasteiger partial charge < -0.3 is 9.80 Å². The zero-order valence-corrected chi connectivity index (χ0v) is 13.4. The highest BCUT2D eigenvalue weighted by atomic mass is 32.1. The van der Waals surface area contributed by atoms with E-state index >= 15 is 0 Å². The first-order valence-electron chi connectivity index (χ1n) is 8.21. The lowest BCUT2D eigenvalue weighted by Gasteiger charge is -2.33. The van der Waals surface area contributed by atoms with Crippen molar-refractivity contribution in [3.63, 3.8) is 0 Å². The molecule has 114 valence electrons. The fourth-order valence-electron chi connectivity index (χ4n) is 3.91. The Hall–Kier alpha value is -0.940. The molecule has 3 aliphatic rings. The number of nitrogens with zero attached hydrogens (tertiary/aromatic N) is 3. The Kier molecular flexibility index (Phi) is 3.50. The first-order chi connectivity index (χ1) is 10.2. The topological polar surface area (TPSA) is 36.4 Å². The van der Waals surface area contributed by atoms with E-state index in [1.807, 2.05) is 6.20 Å². The molecule has 0 aromatic carbocycles. The van der Waals surface area contributed by atoms with Crippen LogP contribution in [-0.2, 0) is 0 Å². The third-order valence-corrected chi connectivity index (χ3v) is 6.39.